The Bertz CT molecular complexity index is 578. The number of aryl methyl sites for hydroxylation is 1. The van der Waals surface area contributed by atoms with Gasteiger partial charge in [-0.2, -0.15) is 0 Å². The summed E-state index contributed by atoms with van der Waals surface area (Å²) in [4.78, 5) is 22.8. The summed E-state index contributed by atoms with van der Waals surface area (Å²) in [6.07, 6.45) is 14.0. The third-order valence-corrected chi connectivity index (χ3v) is 5.01. The zero-order valence-corrected chi connectivity index (χ0v) is 16.4. The van der Waals surface area contributed by atoms with Crippen molar-refractivity contribution >= 4 is 11.9 Å². The van der Waals surface area contributed by atoms with E-state index in [0.717, 1.165) is 24.8 Å². The number of benzene rings is 1. The highest BCUT2D eigenvalue weighted by Gasteiger charge is 2.21. The molecule has 0 bridgehead atoms. The van der Waals surface area contributed by atoms with Crippen molar-refractivity contribution in [1.29, 1.82) is 0 Å². The summed E-state index contributed by atoms with van der Waals surface area (Å²) in [7, 11) is 0. The van der Waals surface area contributed by atoms with Gasteiger partial charge in [-0.05, 0) is 36.5 Å². The highest BCUT2D eigenvalue weighted by atomic mass is 16.4. The van der Waals surface area contributed by atoms with E-state index in [4.69, 9.17) is 0 Å². The second-order valence-corrected chi connectivity index (χ2v) is 7.02. The largest absolute Gasteiger partial charge is 0.478 e. The predicted octanol–water partition coefficient (Wildman–Crippen LogP) is 6.11. The van der Waals surface area contributed by atoms with Crippen LogP contribution in [0.15, 0.2) is 12.1 Å². The second-order valence-electron chi connectivity index (χ2n) is 7.02. The summed E-state index contributed by atoms with van der Waals surface area (Å²) in [5, 5.41) is 18.7. The summed E-state index contributed by atoms with van der Waals surface area (Å²) >= 11 is 0. The van der Waals surface area contributed by atoms with Crippen LogP contribution in [0.2, 0.25) is 0 Å². The number of aromatic carboxylic acids is 2. The number of hydrogen-bond donors (Lipinski definition) is 2. The Morgan fingerprint density at radius 1 is 0.769 bits per heavy atom. The standard InChI is InChI=1S/C22H34O4/c1-3-5-6-7-8-9-10-11-12-13-14-17-15-16-19(21(23)24)20(22(25)26)18(17)4-2/h15-16H,3-14H2,1-2H3,(H,23,24)(H,25,26). The fourth-order valence-electron chi connectivity index (χ4n) is 3.55. The van der Waals surface area contributed by atoms with E-state index in [2.05, 4.69) is 6.92 Å². The molecule has 0 saturated heterocycles. The van der Waals surface area contributed by atoms with Crippen molar-refractivity contribution in [2.45, 2.75) is 90.9 Å². The van der Waals surface area contributed by atoms with Crippen LogP contribution in [-0.2, 0) is 12.8 Å². The van der Waals surface area contributed by atoms with Gasteiger partial charge in [0.1, 0.15) is 0 Å². The molecule has 0 amide bonds. The molecule has 0 aliphatic carbocycles. The average Bonchev–Trinajstić information content (AvgIpc) is 2.62. The van der Waals surface area contributed by atoms with Crippen molar-refractivity contribution < 1.29 is 19.8 Å². The first-order valence-electron chi connectivity index (χ1n) is 10.1. The molecule has 0 spiro atoms. The van der Waals surface area contributed by atoms with Crippen LogP contribution < -0.4 is 0 Å². The lowest BCUT2D eigenvalue weighted by atomic mass is 9.91. The topological polar surface area (TPSA) is 74.6 Å². The number of rotatable bonds is 14. The molecule has 0 radical (unpaired) electrons. The molecule has 0 saturated carbocycles. The molecular formula is C22H34O4. The van der Waals surface area contributed by atoms with Crippen molar-refractivity contribution in [2.75, 3.05) is 0 Å². The summed E-state index contributed by atoms with van der Waals surface area (Å²) in [5.41, 5.74) is 1.51. The van der Waals surface area contributed by atoms with E-state index in [-0.39, 0.29) is 11.1 Å². The molecule has 146 valence electrons. The van der Waals surface area contributed by atoms with Crippen molar-refractivity contribution in [1.82, 2.24) is 0 Å². The fraction of sp³-hybridized carbons (Fsp3) is 0.636. The molecule has 1 aromatic carbocycles. The van der Waals surface area contributed by atoms with Gasteiger partial charge in [0, 0.05) is 0 Å². The maximum atomic E-state index is 11.5. The Labute approximate surface area is 157 Å². The molecule has 1 rings (SSSR count). The summed E-state index contributed by atoms with van der Waals surface area (Å²) in [6.45, 7) is 4.12. The molecule has 4 heteroatoms. The molecule has 1 aromatic rings. The number of unbranched alkanes of at least 4 members (excludes halogenated alkanes) is 9. The molecule has 2 N–H and O–H groups in total. The Kier molecular flexibility index (Phi) is 10.7. The van der Waals surface area contributed by atoms with Gasteiger partial charge in [0.05, 0.1) is 11.1 Å². The van der Waals surface area contributed by atoms with Crippen molar-refractivity contribution in [3.05, 3.63) is 34.4 Å². The van der Waals surface area contributed by atoms with Crippen molar-refractivity contribution in [3.63, 3.8) is 0 Å². The number of hydrogen-bond acceptors (Lipinski definition) is 2. The van der Waals surface area contributed by atoms with Crippen LogP contribution >= 0.6 is 0 Å². The highest BCUT2D eigenvalue weighted by molar-refractivity contribution is 6.03. The van der Waals surface area contributed by atoms with Gasteiger partial charge in [-0.25, -0.2) is 9.59 Å². The normalized spacial score (nSPS) is 10.8. The SMILES string of the molecule is CCCCCCCCCCCCc1ccc(C(=O)O)c(C(=O)O)c1CC. The van der Waals surface area contributed by atoms with Crippen LogP contribution in [-0.4, -0.2) is 22.2 Å². The first-order chi connectivity index (χ1) is 12.5. The van der Waals surface area contributed by atoms with Crippen molar-refractivity contribution in [3.8, 4) is 0 Å². The molecule has 0 aliphatic heterocycles. The van der Waals surface area contributed by atoms with Gasteiger partial charge in [-0.3, -0.25) is 0 Å². The van der Waals surface area contributed by atoms with Crippen molar-refractivity contribution in [2.24, 2.45) is 0 Å². The van der Waals surface area contributed by atoms with Crippen LogP contribution in [0.1, 0.15) is 110 Å². The van der Waals surface area contributed by atoms with E-state index in [0.29, 0.717) is 12.0 Å². The first kappa shape index (κ1) is 22.2. The molecule has 0 aromatic heterocycles. The number of carboxylic acid groups (broad SMARTS) is 2. The second kappa shape index (κ2) is 12.5. The quantitative estimate of drug-likeness (QED) is 0.392. The zero-order valence-electron chi connectivity index (χ0n) is 16.4. The van der Waals surface area contributed by atoms with Crippen LogP contribution in [0.4, 0.5) is 0 Å². The van der Waals surface area contributed by atoms with Gasteiger partial charge in [0.2, 0.25) is 0 Å². The first-order valence-corrected chi connectivity index (χ1v) is 10.1. The van der Waals surface area contributed by atoms with Crippen LogP contribution in [0.25, 0.3) is 0 Å². The Balaban J connectivity index is 2.47. The third-order valence-electron chi connectivity index (χ3n) is 5.01. The van der Waals surface area contributed by atoms with E-state index < -0.39 is 11.9 Å². The van der Waals surface area contributed by atoms with Gasteiger partial charge in [0.15, 0.2) is 0 Å². The van der Waals surface area contributed by atoms with E-state index in [1.54, 1.807) is 6.07 Å². The minimum atomic E-state index is -1.18. The lowest BCUT2D eigenvalue weighted by Crippen LogP contribution is -2.13. The minimum Gasteiger partial charge on any atom is -0.478 e. The molecular weight excluding hydrogens is 328 g/mol. The Morgan fingerprint density at radius 3 is 1.77 bits per heavy atom. The van der Waals surface area contributed by atoms with E-state index in [9.17, 15) is 19.8 Å². The van der Waals surface area contributed by atoms with Gasteiger partial charge in [-0.15, -0.1) is 0 Å². The summed E-state index contributed by atoms with van der Waals surface area (Å²) in [6, 6.07) is 3.24. The van der Waals surface area contributed by atoms with Gasteiger partial charge >= 0.3 is 11.9 Å². The third kappa shape index (κ3) is 7.19. The number of carbonyl (C=O) groups is 2. The molecule has 0 unspecified atom stereocenters. The maximum absolute atomic E-state index is 11.5. The van der Waals surface area contributed by atoms with E-state index in [1.165, 1.54) is 57.4 Å². The maximum Gasteiger partial charge on any atom is 0.336 e. The summed E-state index contributed by atoms with van der Waals surface area (Å²) < 4.78 is 0. The molecule has 4 nitrogen and oxygen atoms in total. The molecule has 0 heterocycles. The Hall–Kier alpha value is -1.84. The van der Waals surface area contributed by atoms with Gasteiger partial charge in [0.25, 0.3) is 0 Å². The fourth-order valence-corrected chi connectivity index (χ4v) is 3.55. The highest BCUT2D eigenvalue weighted by Crippen LogP contribution is 2.23. The lowest BCUT2D eigenvalue weighted by molar-refractivity contribution is 0.0650. The zero-order chi connectivity index (χ0) is 19.4. The lowest BCUT2D eigenvalue weighted by Gasteiger charge is -2.13. The Morgan fingerprint density at radius 2 is 1.31 bits per heavy atom. The predicted molar refractivity (Wildman–Crippen MR) is 105 cm³/mol. The van der Waals surface area contributed by atoms with Crippen LogP contribution in [0, 0.1) is 0 Å². The van der Waals surface area contributed by atoms with Crippen LogP contribution in [0.5, 0.6) is 0 Å². The van der Waals surface area contributed by atoms with Gasteiger partial charge < -0.3 is 10.2 Å². The number of carboxylic acids is 2. The molecule has 0 fully saturated rings. The minimum absolute atomic E-state index is 0.0374. The van der Waals surface area contributed by atoms with E-state index in [1.807, 2.05) is 6.92 Å². The molecule has 26 heavy (non-hydrogen) atoms. The van der Waals surface area contributed by atoms with Gasteiger partial charge in [-0.1, -0.05) is 77.7 Å². The molecule has 0 atom stereocenters. The smallest absolute Gasteiger partial charge is 0.336 e. The van der Waals surface area contributed by atoms with Crippen LogP contribution in [0.3, 0.4) is 0 Å². The van der Waals surface area contributed by atoms with E-state index >= 15 is 0 Å². The monoisotopic (exact) mass is 362 g/mol. The average molecular weight is 363 g/mol. The molecule has 0 aliphatic rings. The summed E-state index contributed by atoms with van der Waals surface area (Å²) in [5.74, 6) is -2.33.